The van der Waals surface area contributed by atoms with Crippen molar-refractivity contribution in [1.82, 2.24) is 4.90 Å². The Hall–Kier alpha value is -2.95. The summed E-state index contributed by atoms with van der Waals surface area (Å²) in [5.74, 6) is -1.93. The van der Waals surface area contributed by atoms with Crippen molar-refractivity contribution in [2.24, 2.45) is 5.92 Å². The molecule has 0 aliphatic carbocycles. The second kappa shape index (κ2) is 9.83. The van der Waals surface area contributed by atoms with E-state index in [0.29, 0.717) is 24.3 Å². The van der Waals surface area contributed by atoms with E-state index in [9.17, 15) is 14.4 Å². The van der Waals surface area contributed by atoms with Gasteiger partial charge in [-0.25, -0.2) is 0 Å². The van der Waals surface area contributed by atoms with Crippen molar-refractivity contribution in [3.63, 3.8) is 0 Å². The highest BCUT2D eigenvalue weighted by Gasteiger charge is 2.32. The van der Waals surface area contributed by atoms with Gasteiger partial charge >= 0.3 is 0 Å². The van der Waals surface area contributed by atoms with Crippen LogP contribution in [0.5, 0.6) is 0 Å². The third-order valence-corrected chi connectivity index (χ3v) is 5.07. The summed E-state index contributed by atoms with van der Waals surface area (Å²) in [4.78, 5) is 40.6. The van der Waals surface area contributed by atoms with E-state index in [1.165, 1.54) is 0 Å². The topological polar surface area (TPSA) is 66.5 Å². The molecule has 28 heavy (non-hydrogen) atoms. The summed E-state index contributed by atoms with van der Waals surface area (Å²) in [7, 11) is 0. The average molecular weight is 378 g/mol. The minimum Gasteiger partial charge on any atom is -0.343 e. The van der Waals surface area contributed by atoms with Crippen LogP contribution in [0.2, 0.25) is 0 Å². The number of benzene rings is 2. The number of nitrogens with one attached hydrogen (secondary N) is 1. The van der Waals surface area contributed by atoms with E-state index in [0.717, 1.165) is 25.7 Å². The Balaban J connectivity index is 1.78. The number of carbonyl (C=O) groups excluding carboxylic acids is 3. The van der Waals surface area contributed by atoms with Crippen LogP contribution in [0, 0.1) is 5.92 Å². The zero-order valence-electron chi connectivity index (χ0n) is 16.0. The summed E-state index contributed by atoms with van der Waals surface area (Å²) >= 11 is 0. The fraction of sp³-hybridized carbons (Fsp3) is 0.348. The van der Waals surface area contributed by atoms with Crippen molar-refractivity contribution in [2.45, 2.75) is 32.1 Å². The number of likely N-dealkylation sites (tertiary alicyclic amines) is 1. The number of ketones is 1. The van der Waals surface area contributed by atoms with E-state index in [2.05, 4.69) is 5.32 Å². The molecule has 1 fully saturated rings. The molecule has 1 atom stereocenters. The summed E-state index contributed by atoms with van der Waals surface area (Å²) in [6, 6.07) is 17.7. The van der Waals surface area contributed by atoms with Gasteiger partial charge in [-0.2, -0.15) is 0 Å². The standard InChI is InChI=1S/C23H26N2O3/c26-21(25-15-9-1-2-10-16-25)17-20(22(27)18-11-5-3-6-12-18)23(28)24-19-13-7-4-8-14-19/h3-8,11-14,20H,1-2,9-10,15-17H2,(H,24,28)/t20-/m0/s1. The van der Waals surface area contributed by atoms with Crippen LogP contribution in [0.3, 0.4) is 0 Å². The lowest BCUT2D eigenvalue weighted by atomic mass is 9.93. The normalized spacial score (nSPS) is 15.4. The predicted molar refractivity (Wildman–Crippen MR) is 109 cm³/mol. The number of hydrogen-bond acceptors (Lipinski definition) is 3. The summed E-state index contributed by atoms with van der Waals surface area (Å²) < 4.78 is 0. The molecule has 1 aliphatic heterocycles. The molecule has 0 unspecified atom stereocenters. The molecule has 1 heterocycles. The second-order valence-electron chi connectivity index (χ2n) is 7.14. The number of Topliss-reactive ketones (excluding diaryl/α,β-unsaturated/α-hetero) is 1. The van der Waals surface area contributed by atoms with Gasteiger partial charge in [-0.3, -0.25) is 14.4 Å². The Bertz CT molecular complexity index is 797. The Morgan fingerprint density at radius 1 is 0.821 bits per heavy atom. The number of nitrogens with zero attached hydrogens (tertiary/aromatic N) is 1. The smallest absolute Gasteiger partial charge is 0.235 e. The van der Waals surface area contributed by atoms with Gasteiger partial charge in [-0.15, -0.1) is 0 Å². The number of amides is 2. The predicted octanol–water partition coefficient (Wildman–Crippen LogP) is 3.92. The summed E-state index contributed by atoms with van der Waals surface area (Å²) in [6.45, 7) is 1.40. The highest BCUT2D eigenvalue weighted by molar-refractivity contribution is 6.15. The first kappa shape index (κ1) is 19.8. The first-order valence-electron chi connectivity index (χ1n) is 9.88. The van der Waals surface area contributed by atoms with Gasteiger partial charge in [-0.1, -0.05) is 61.4 Å². The molecule has 5 nitrogen and oxygen atoms in total. The van der Waals surface area contributed by atoms with Gasteiger partial charge in [0, 0.05) is 30.8 Å². The maximum Gasteiger partial charge on any atom is 0.235 e. The maximum absolute atomic E-state index is 13.0. The third kappa shape index (κ3) is 5.28. The zero-order valence-corrected chi connectivity index (χ0v) is 16.0. The molecule has 2 aromatic carbocycles. The number of hydrogen-bond donors (Lipinski definition) is 1. The molecular formula is C23H26N2O3. The number of para-hydroxylation sites is 1. The zero-order chi connectivity index (χ0) is 19.8. The summed E-state index contributed by atoms with van der Waals surface area (Å²) in [5, 5.41) is 2.78. The largest absolute Gasteiger partial charge is 0.343 e. The summed E-state index contributed by atoms with van der Waals surface area (Å²) in [5.41, 5.74) is 1.06. The molecule has 2 aromatic rings. The van der Waals surface area contributed by atoms with Crippen LogP contribution in [0.25, 0.3) is 0 Å². The van der Waals surface area contributed by atoms with E-state index in [4.69, 9.17) is 0 Å². The van der Waals surface area contributed by atoms with Gasteiger partial charge < -0.3 is 10.2 Å². The number of anilines is 1. The minimum absolute atomic E-state index is 0.105. The van der Waals surface area contributed by atoms with Gasteiger partial charge in [-0.05, 0) is 25.0 Å². The lowest BCUT2D eigenvalue weighted by Crippen LogP contribution is -2.38. The van der Waals surface area contributed by atoms with Crippen molar-refractivity contribution < 1.29 is 14.4 Å². The van der Waals surface area contributed by atoms with Crippen LogP contribution in [0.15, 0.2) is 60.7 Å². The van der Waals surface area contributed by atoms with Crippen LogP contribution in [-0.4, -0.2) is 35.6 Å². The molecule has 0 aromatic heterocycles. The highest BCUT2D eigenvalue weighted by Crippen LogP contribution is 2.19. The van der Waals surface area contributed by atoms with Crippen molar-refractivity contribution in [3.8, 4) is 0 Å². The average Bonchev–Trinajstić information content (AvgIpc) is 3.02. The lowest BCUT2D eigenvalue weighted by Gasteiger charge is -2.23. The minimum atomic E-state index is -1.04. The molecule has 1 N–H and O–H groups in total. The second-order valence-corrected chi connectivity index (χ2v) is 7.14. The van der Waals surface area contributed by atoms with Gasteiger partial charge in [0.2, 0.25) is 11.8 Å². The van der Waals surface area contributed by atoms with Gasteiger partial charge in [0.05, 0.1) is 0 Å². The first-order valence-corrected chi connectivity index (χ1v) is 9.88. The van der Waals surface area contributed by atoms with Gasteiger partial charge in [0.15, 0.2) is 5.78 Å². The highest BCUT2D eigenvalue weighted by atomic mass is 16.2. The molecule has 1 aliphatic rings. The molecule has 146 valence electrons. The quantitative estimate of drug-likeness (QED) is 0.612. The fourth-order valence-corrected chi connectivity index (χ4v) is 3.48. The molecular weight excluding hydrogens is 352 g/mol. The molecule has 0 radical (unpaired) electrons. The SMILES string of the molecule is O=C(Nc1ccccc1)[C@@H](CC(=O)N1CCCCCC1)C(=O)c1ccccc1. The molecule has 0 spiro atoms. The Labute approximate surface area is 165 Å². The van der Waals surface area contributed by atoms with E-state index >= 15 is 0 Å². The first-order chi connectivity index (χ1) is 13.6. The molecule has 5 heteroatoms. The Morgan fingerprint density at radius 3 is 2.00 bits per heavy atom. The van der Waals surface area contributed by atoms with E-state index in [-0.39, 0.29) is 18.1 Å². The lowest BCUT2D eigenvalue weighted by molar-refractivity contribution is -0.134. The Morgan fingerprint density at radius 2 is 1.39 bits per heavy atom. The fourth-order valence-electron chi connectivity index (χ4n) is 3.48. The summed E-state index contributed by atoms with van der Waals surface area (Å²) in [6.07, 6.45) is 4.07. The molecule has 3 rings (SSSR count). The van der Waals surface area contributed by atoms with Gasteiger partial charge in [0.25, 0.3) is 0 Å². The van der Waals surface area contributed by atoms with E-state index in [1.807, 2.05) is 24.3 Å². The van der Waals surface area contributed by atoms with E-state index < -0.39 is 11.8 Å². The van der Waals surface area contributed by atoms with Crippen molar-refractivity contribution in [1.29, 1.82) is 0 Å². The monoisotopic (exact) mass is 378 g/mol. The Kier molecular flexibility index (Phi) is 6.95. The molecule has 0 saturated carbocycles. The van der Waals surface area contributed by atoms with Crippen LogP contribution in [-0.2, 0) is 9.59 Å². The third-order valence-electron chi connectivity index (χ3n) is 5.07. The maximum atomic E-state index is 13.0. The van der Waals surface area contributed by atoms with Crippen molar-refractivity contribution in [3.05, 3.63) is 66.2 Å². The number of carbonyl (C=O) groups is 3. The van der Waals surface area contributed by atoms with Crippen molar-refractivity contribution >= 4 is 23.3 Å². The van der Waals surface area contributed by atoms with Gasteiger partial charge in [0.1, 0.15) is 5.92 Å². The van der Waals surface area contributed by atoms with Crippen molar-refractivity contribution in [2.75, 3.05) is 18.4 Å². The molecule has 2 amide bonds. The van der Waals surface area contributed by atoms with E-state index in [1.54, 1.807) is 41.3 Å². The number of rotatable bonds is 6. The van der Waals surface area contributed by atoms with Crippen LogP contribution < -0.4 is 5.32 Å². The van der Waals surface area contributed by atoms with Crippen LogP contribution in [0.4, 0.5) is 5.69 Å². The molecule has 1 saturated heterocycles. The van der Waals surface area contributed by atoms with Crippen LogP contribution in [0.1, 0.15) is 42.5 Å². The van der Waals surface area contributed by atoms with Crippen LogP contribution >= 0.6 is 0 Å². The molecule has 0 bridgehead atoms.